The molecule has 1 saturated carbocycles. The Hall–Kier alpha value is -1.75. The largest absolute Gasteiger partial charge is 0.497 e. The number of carbonyl (C=O) groups is 1. The highest BCUT2D eigenvalue weighted by atomic mass is 32.1. The van der Waals surface area contributed by atoms with Gasteiger partial charge in [-0.1, -0.05) is 6.92 Å². The first-order chi connectivity index (χ1) is 9.60. The van der Waals surface area contributed by atoms with E-state index in [-0.39, 0.29) is 5.91 Å². The second-order valence-electron chi connectivity index (χ2n) is 5.39. The van der Waals surface area contributed by atoms with E-state index in [1.54, 1.807) is 7.11 Å². The summed E-state index contributed by atoms with van der Waals surface area (Å²) in [4.78, 5) is 12.8. The van der Waals surface area contributed by atoms with E-state index in [9.17, 15) is 4.79 Å². The molecular weight excluding hydrogens is 272 g/mol. The lowest BCUT2D eigenvalue weighted by Crippen LogP contribution is -2.25. The molecule has 3 rings (SSSR count). The Morgan fingerprint density at radius 1 is 1.55 bits per heavy atom. The van der Waals surface area contributed by atoms with Gasteiger partial charge in [-0.25, -0.2) is 0 Å². The molecule has 3 N–H and O–H groups in total. The maximum Gasteiger partial charge on any atom is 0.263 e. The summed E-state index contributed by atoms with van der Waals surface area (Å²) in [6, 6.07) is 5.68. The van der Waals surface area contributed by atoms with E-state index in [4.69, 9.17) is 10.5 Å². The summed E-state index contributed by atoms with van der Waals surface area (Å²) in [7, 11) is 1.63. The number of thiophene rings is 1. The van der Waals surface area contributed by atoms with E-state index in [1.165, 1.54) is 17.8 Å². The number of methoxy groups -OCH3 is 1. The third kappa shape index (κ3) is 2.33. The summed E-state index contributed by atoms with van der Waals surface area (Å²) in [6.45, 7) is 2.95. The smallest absolute Gasteiger partial charge is 0.263 e. The van der Waals surface area contributed by atoms with Crippen molar-refractivity contribution in [2.75, 3.05) is 19.4 Å². The highest BCUT2D eigenvalue weighted by molar-refractivity contribution is 7.21. The Morgan fingerprint density at radius 3 is 2.95 bits per heavy atom. The van der Waals surface area contributed by atoms with Crippen molar-refractivity contribution in [2.45, 2.75) is 13.3 Å². The number of ether oxygens (including phenoxy) is 1. The van der Waals surface area contributed by atoms with Gasteiger partial charge in [0, 0.05) is 16.6 Å². The number of rotatable bonds is 4. The van der Waals surface area contributed by atoms with Crippen LogP contribution in [-0.4, -0.2) is 19.6 Å². The fourth-order valence-corrected chi connectivity index (χ4v) is 3.45. The third-order valence-corrected chi connectivity index (χ3v) is 5.11. The zero-order chi connectivity index (χ0) is 14.3. The van der Waals surface area contributed by atoms with Crippen LogP contribution in [-0.2, 0) is 0 Å². The van der Waals surface area contributed by atoms with Gasteiger partial charge in [-0.15, -0.1) is 11.3 Å². The van der Waals surface area contributed by atoms with E-state index in [2.05, 4.69) is 12.2 Å². The van der Waals surface area contributed by atoms with Crippen molar-refractivity contribution in [1.82, 2.24) is 5.32 Å². The predicted molar refractivity (Wildman–Crippen MR) is 82.4 cm³/mol. The van der Waals surface area contributed by atoms with Gasteiger partial charge in [0.1, 0.15) is 10.6 Å². The van der Waals surface area contributed by atoms with Gasteiger partial charge >= 0.3 is 0 Å². The highest BCUT2D eigenvalue weighted by Crippen LogP contribution is 2.38. The van der Waals surface area contributed by atoms with E-state index in [1.807, 2.05) is 18.2 Å². The monoisotopic (exact) mass is 290 g/mol. The number of fused-ring (bicyclic) bond motifs is 1. The number of hydrogen-bond acceptors (Lipinski definition) is 4. The summed E-state index contributed by atoms with van der Waals surface area (Å²) < 4.78 is 6.17. The Bertz CT molecular complexity index is 665. The van der Waals surface area contributed by atoms with Gasteiger partial charge in [-0.3, -0.25) is 4.79 Å². The maximum atomic E-state index is 12.2. The molecule has 0 aliphatic heterocycles. The molecule has 0 radical (unpaired) electrons. The number of carbonyl (C=O) groups excluding carboxylic acids is 1. The number of nitrogen functional groups attached to an aromatic ring is 1. The van der Waals surface area contributed by atoms with Crippen LogP contribution >= 0.6 is 11.3 Å². The molecule has 2 unspecified atom stereocenters. The van der Waals surface area contributed by atoms with Crippen molar-refractivity contribution >= 4 is 33.0 Å². The van der Waals surface area contributed by atoms with Gasteiger partial charge in [0.2, 0.25) is 0 Å². The summed E-state index contributed by atoms with van der Waals surface area (Å²) in [5, 5.41) is 3.90. The topological polar surface area (TPSA) is 64.3 Å². The van der Waals surface area contributed by atoms with Crippen molar-refractivity contribution in [3.05, 3.63) is 23.1 Å². The van der Waals surface area contributed by atoms with Crippen molar-refractivity contribution in [3.8, 4) is 5.75 Å². The van der Waals surface area contributed by atoms with Crippen LogP contribution in [0.1, 0.15) is 23.0 Å². The fraction of sp³-hybridized carbons (Fsp3) is 0.400. The average Bonchev–Trinajstić information content (AvgIpc) is 3.06. The lowest BCUT2D eigenvalue weighted by Gasteiger charge is -2.03. The van der Waals surface area contributed by atoms with Crippen LogP contribution in [0.15, 0.2) is 18.2 Å². The number of amides is 1. The molecule has 0 spiro atoms. The Balaban J connectivity index is 1.83. The van der Waals surface area contributed by atoms with Gasteiger partial charge in [0.15, 0.2) is 0 Å². The standard InChI is InChI=1S/C15H18N2O2S/c1-8-5-9(8)7-17-15(18)14-13(16)11-4-3-10(19-2)6-12(11)20-14/h3-4,6,8-9H,5,7,16H2,1-2H3,(H,17,18). The first kappa shape index (κ1) is 13.2. The Kier molecular flexibility index (Phi) is 3.30. The molecule has 0 saturated heterocycles. The Labute approximate surface area is 121 Å². The molecule has 0 bridgehead atoms. The van der Waals surface area contributed by atoms with Crippen LogP contribution in [0.3, 0.4) is 0 Å². The van der Waals surface area contributed by atoms with Gasteiger partial charge in [-0.05, 0) is 36.5 Å². The van der Waals surface area contributed by atoms with E-state index in [0.717, 1.165) is 28.3 Å². The second-order valence-corrected chi connectivity index (χ2v) is 6.44. The minimum absolute atomic E-state index is 0.0678. The number of benzene rings is 1. The fourth-order valence-electron chi connectivity index (χ4n) is 2.38. The summed E-state index contributed by atoms with van der Waals surface area (Å²) >= 11 is 1.42. The predicted octanol–water partition coefficient (Wildman–Crippen LogP) is 2.88. The number of anilines is 1. The van der Waals surface area contributed by atoms with Crippen LogP contribution in [0, 0.1) is 11.8 Å². The summed E-state index contributed by atoms with van der Waals surface area (Å²) in [6.07, 6.45) is 1.21. The molecule has 1 aromatic carbocycles. The zero-order valence-electron chi connectivity index (χ0n) is 11.6. The van der Waals surface area contributed by atoms with Gasteiger partial charge in [-0.2, -0.15) is 0 Å². The maximum absolute atomic E-state index is 12.2. The van der Waals surface area contributed by atoms with Crippen LogP contribution < -0.4 is 15.8 Å². The summed E-state index contributed by atoms with van der Waals surface area (Å²) in [5.74, 6) is 2.08. The highest BCUT2D eigenvalue weighted by Gasteiger charge is 2.32. The lowest BCUT2D eigenvalue weighted by atomic mass is 10.2. The molecular formula is C15H18N2O2S. The van der Waals surface area contributed by atoms with Crippen LogP contribution in [0.2, 0.25) is 0 Å². The first-order valence-corrected chi connectivity index (χ1v) is 7.56. The van der Waals surface area contributed by atoms with Crippen molar-refractivity contribution in [3.63, 3.8) is 0 Å². The summed E-state index contributed by atoms with van der Waals surface area (Å²) in [5.41, 5.74) is 6.65. The molecule has 2 aromatic rings. The number of nitrogens with one attached hydrogen (secondary N) is 1. The van der Waals surface area contributed by atoms with E-state index in [0.29, 0.717) is 16.5 Å². The van der Waals surface area contributed by atoms with Crippen LogP contribution in [0.25, 0.3) is 10.1 Å². The van der Waals surface area contributed by atoms with Gasteiger partial charge < -0.3 is 15.8 Å². The van der Waals surface area contributed by atoms with Crippen LogP contribution in [0.5, 0.6) is 5.75 Å². The molecule has 106 valence electrons. The normalized spacial score (nSPS) is 20.9. The van der Waals surface area contributed by atoms with Gasteiger partial charge in [0.05, 0.1) is 12.8 Å². The molecule has 1 amide bonds. The molecule has 1 aromatic heterocycles. The lowest BCUT2D eigenvalue weighted by molar-refractivity contribution is 0.0956. The Morgan fingerprint density at radius 2 is 2.30 bits per heavy atom. The van der Waals surface area contributed by atoms with Gasteiger partial charge in [0.25, 0.3) is 5.91 Å². The molecule has 2 atom stereocenters. The van der Waals surface area contributed by atoms with Crippen molar-refractivity contribution < 1.29 is 9.53 Å². The third-order valence-electron chi connectivity index (χ3n) is 3.94. The second kappa shape index (κ2) is 4.98. The number of nitrogens with two attached hydrogens (primary N) is 1. The van der Waals surface area contributed by atoms with Crippen molar-refractivity contribution in [2.24, 2.45) is 11.8 Å². The zero-order valence-corrected chi connectivity index (χ0v) is 12.4. The molecule has 5 heteroatoms. The number of hydrogen-bond donors (Lipinski definition) is 2. The SMILES string of the molecule is COc1ccc2c(N)c(C(=O)NCC3CC3C)sc2c1. The molecule has 1 heterocycles. The quantitative estimate of drug-likeness (QED) is 0.910. The van der Waals surface area contributed by atoms with E-state index >= 15 is 0 Å². The van der Waals surface area contributed by atoms with Crippen LogP contribution in [0.4, 0.5) is 5.69 Å². The molecule has 4 nitrogen and oxygen atoms in total. The molecule has 20 heavy (non-hydrogen) atoms. The minimum Gasteiger partial charge on any atom is -0.497 e. The first-order valence-electron chi connectivity index (χ1n) is 6.74. The van der Waals surface area contributed by atoms with Crippen molar-refractivity contribution in [1.29, 1.82) is 0 Å². The van der Waals surface area contributed by atoms with E-state index < -0.39 is 0 Å². The average molecular weight is 290 g/mol. The molecule has 1 aliphatic rings. The molecule has 1 fully saturated rings. The molecule has 1 aliphatic carbocycles. The minimum atomic E-state index is -0.0678.